The van der Waals surface area contributed by atoms with Gasteiger partial charge in [0, 0.05) is 6.04 Å². The predicted molar refractivity (Wildman–Crippen MR) is 48.1 cm³/mol. The second kappa shape index (κ2) is 3.46. The Morgan fingerprint density at radius 1 is 1.62 bits per heavy atom. The number of alkyl halides is 1. The maximum Gasteiger partial charge on any atom is 0.231 e. The third kappa shape index (κ3) is 2.28. The first kappa shape index (κ1) is 10.2. The summed E-state index contributed by atoms with van der Waals surface area (Å²) in [5.74, 6) is 0.129. The molecular weight excluding hydrogens is 171 g/mol. The summed E-state index contributed by atoms with van der Waals surface area (Å²) in [4.78, 5) is 4.05. The van der Waals surface area contributed by atoms with Gasteiger partial charge in [-0.25, -0.2) is 9.37 Å². The monoisotopic (exact) mass is 186 g/mol. The lowest BCUT2D eigenvalue weighted by molar-refractivity contribution is 0.170. The molecule has 0 aliphatic rings. The molecule has 1 heterocycles. The van der Waals surface area contributed by atoms with Crippen molar-refractivity contribution in [2.45, 2.75) is 32.5 Å². The van der Waals surface area contributed by atoms with Crippen molar-refractivity contribution in [1.82, 2.24) is 10.3 Å². The van der Waals surface area contributed by atoms with Crippen molar-refractivity contribution in [2.24, 2.45) is 0 Å². The van der Waals surface area contributed by atoms with Crippen LogP contribution in [-0.4, -0.2) is 12.0 Å². The van der Waals surface area contributed by atoms with Gasteiger partial charge in [-0.05, 0) is 27.8 Å². The van der Waals surface area contributed by atoms with Crippen LogP contribution >= 0.6 is 0 Å². The topological polar surface area (TPSA) is 38.1 Å². The maximum atomic E-state index is 13.3. The molecule has 1 N–H and O–H groups in total. The molecule has 3 nitrogen and oxygen atoms in total. The van der Waals surface area contributed by atoms with Crippen LogP contribution in [0.25, 0.3) is 0 Å². The van der Waals surface area contributed by atoms with Crippen molar-refractivity contribution in [2.75, 3.05) is 7.05 Å². The lowest BCUT2D eigenvalue weighted by Crippen LogP contribution is -2.14. The zero-order valence-corrected chi connectivity index (χ0v) is 8.39. The molecular formula is C9H15FN2O. The Labute approximate surface area is 77.4 Å². The van der Waals surface area contributed by atoms with Crippen LogP contribution in [0.15, 0.2) is 10.7 Å². The Kier molecular flexibility index (Phi) is 2.71. The average Bonchev–Trinajstić information content (AvgIpc) is 2.50. The number of oxazole rings is 1. The van der Waals surface area contributed by atoms with Crippen LogP contribution in [0.3, 0.4) is 0 Å². The standard InChI is InChI=1S/C9H15FN2O/c1-6(11-4)7-5-13-8(12-7)9(2,3)10/h5-6,11H,1-4H3. The van der Waals surface area contributed by atoms with Crippen molar-refractivity contribution in [3.8, 4) is 0 Å². The number of halogens is 1. The van der Waals surface area contributed by atoms with Crippen molar-refractivity contribution >= 4 is 0 Å². The molecule has 0 fully saturated rings. The normalized spacial score (nSPS) is 14.5. The van der Waals surface area contributed by atoms with Crippen LogP contribution < -0.4 is 5.32 Å². The van der Waals surface area contributed by atoms with Crippen LogP contribution in [-0.2, 0) is 5.67 Å². The van der Waals surface area contributed by atoms with Gasteiger partial charge >= 0.3 is 0 Å². The Bertz CT molecular complexity index is 277. The first-order valence-corrected chi connectivity index (χ1v) is 4.27. The number of hydrogen-bond donors (Lipinski definition) is 1. The van der Waals surface area contributed by atoms with Crippen LogP contribution in [0, 0.1) is 0 Å². The van der Waals surface area contributed by atoms with E-state index in [4.69, 9.17) is 4.42 Å². The smallest absolute Gasteiger partial charge is 0.231 e. The molecule has 4 heteroatoms. The number of nitrogens with one attached hydrogen (secondary N) is 1. The van der Waals surface area contributed by atoms with Crippen LogP contribution in [0.2, 0.25) is 0 Å². The first-order valence-electron chi connectivity index (χ1n) is 4.27. The van der Waals surface area contributed by atoms with Gasteiger partial charge < -0.3 is 9.73 Å². The minimum Gasteiger partial charge on any atom is -0.445 e. The van der Waals surface area contributed by atoms with Crippen molar-refractivity contribution < 1.29 is 8.81 Å². The number of aromatic nitrogens is 1. The van der Waals surface area contributed by atoms with E-state index in [0.717, 1.165) is 5.69 Å². The molecule has 13 heavy (non-hydrogen) atoms. The van der Waals surface area contributed by atoms with Gasteiger partial charge in [0.1, 0.15) is 6.26 Å². The van der Waals surface area contributed by atoms with Crippen molar-refractivity contribution in [3.63, 3.8) is 0 Å². The Hall–Kier alpha value is -0.900. The Morgan fingerprint density at radius 3 is 2.62 bits per heavy atom. The number of rotatable bonds is 3. The van der Waals surface area contributed by atoms with E-state index in [9.17, 15) is 4.39 Å². The quantitative estimate of drug-likeness (QED) is 0.786. The van der Waals surface area contributed by atoms with E-state index < -0.39 is 5.67 Å². The fourth-order valence-electron chi connectivity index (χ4n) is 0.906. The molecule has 0 bridgehead atoms. The highest BCUT2D eigenvalue weighted by Crippen LogP contribution is 2.24. The van der Waals surface area contributed by atoms with Gasteiger partial charge in [-0.15, -0.1) is 0 Å². The number of hydrogen-bond acceptors (Lipinski definition) is 3. The van der Waals surface area contributed by atoms with Crippen molar-refractivity contribution in [1.29, 1.82) is 0 Å². The average molecular weight is 186 g/mol. The summed E-state index contributed by atoms with van der Waals surface area (Å²) >= 11 is 0. The second-order valence-electron chi connectivity index (χ2n) is 3.56. The largest absolute Gasteiger partial charge is 0.445 e. The van der Waals surface area contributed by atoms with Crippen LogP contribution in [0.1, 0.15) is 38.4 Å². The third-order valence-corrected chi connectivity index (χ3v) is 1.91. The molecule has 1 aromatic rings. The zero-order chi connectivity index (χ0) is 10.1. The molecule has 0 radical (unpaired) electrons. The van der Waals surface area contributed by atoms with Crippen LogP contribution in [0.4, 0.5) is 4.39 Å². The van der Waals surface area contributed by atoms with E-state index in [0.29, 0.717) is 0 Å². The molecule has 0 aliphatic heterocycles. The molecule has 1 rings (SSSR count). The Morgan fingerprint density at radius 2 is 2.23 bits per heavy atom. The molecule has 74 valence electrons. The molecule has 1 atom stereocenters. The van der Waals surface area contributed by atoms with E-state index in [1.807, 2.05) is 14.0 Å². The minimum atomic E-state index is -1.51. The van der Waals surface area contributed by atoms with Gasteiger partial charge in [0.15, 0.2) is 5.67 Å². The lowest BCUT2D eigenvalue weighted by Gasteiger charge is -2.08. The van der Waals surface area contributed by atoms with Gasteiger partial charge in [0.2, 0.25) is 5.89 Å². The molecule has 1 unspecified atom stereocenters. The van der Waals surface area contributed by atoms with Gasteiger partial charge in [0.05, 0.1) is 5.69 Å². The Balaban J connectivity index is 2.87. The highest BCUT2D eigenvalue weighted by Gasteiger charge is 2.25. The molecule has 0 spiro atoms. The summed E-state index contributed by atoms with van der Waals surface area (Å²) in [5.41, 5.74) is -0.783. The van der Waals surface area contributed by atoms with Gasteiger partial charge in [-0.2, -0.15) is 0 Å². The summed E-state index contributed by atoms with van der Waals surface area (Å²) < 4.78 is 18.4. The zero-order valence-electron chi connectivity index (χ0n) is 8.39. The van der Waals surface area contributed by atoms with E-state index in [2.05, 4.69) is 10.3 Å². The summed E-state index contributed by atoms with van der Waals surface area (Å²) in [6.07, 6.45) is 1.48. The minimum absolute atomic E-state index is 0.0832. The summed E-state index contributed by atoms with van der Waals surface area (Å²) in [5, 5.41) is 3.00. The SMILES string of the molecule is CNC(C)c1coc(C(C)(C)F)n1. The predicted octanol–water partition coefficient (Wildman–Crippen LogP) is 2.16. The molecule has 0 aromatic carbocycles. The van der Waals surface area contributed by atoms with Gasteiger partial charge in [0.25, 0.3) is 0 Å². The second-order valence-corrected chi connectivity index (χ2v) is 3.56. The van der Waals surface area contributed by atoms with Crippen LogP contribution in [0.5, 0.6) is 0 Å². The molecule has 1 aromatic heterocycles. The van der Waals surface area contributed by atoms with Gasteiger partial charge in [-0.3, -0.25) is 0 Å². The summed E-state index contributed by atoms with van der Waals surface area (Å²) in [6.45, 7) is 4.78. The van der Waals surface area contributed by atoms with E-state index in [1.54, 1.807) is 0 Å². The molecule has 0 saturated carbocycles. The highest BCUT2D eigenvalue weighted by molar-refractivity contribution is 5.05. The summed E-state index contributed by atoms with van der Waals surface area (Å²) in [7, 11) is 1.82. The molecule has 0 amide bonds. The van der Waals surface area contributed by atoms with Gasteiger partial charge in [-0.1, -0.05) is 0 Å². The fourth-order valence-corrected chi connectivity index (χ4v) is 0.906. The molecule has 0 aliphatic carbocycles. The summed E-state index contributed by atoms with van der Waals surface area (Å²) in [6, 6.07) is 0.0832. The number of nitrogens with zero attached hydrogens (tertiary/aromatic N) is 1. The molecule has 0 saturated heterocycles. The highest BCUT2D eigenvalue weighted by atomic mass is 19.1. The first-order chi connectivity index (χ1) is 5.95. The van der Waals surface area contributed by atoms with Crippen molar-refractivity contribution in [3.05, 3.63) is 17.8 Å². The van der Waals surface area contributed by atoms with E-state index in [-0.39, 0.29) is 11.9 Å². The third-order valence-electron chi connectivity index (χ3n) is 1.91. The van der Waals surface area contributed by atoms with E-state index >= 15 is 0 Å². The van der Waals surface area contributed by atoms with E-state index in [1.165, 1.54) is 20.1 Å². The fraction of sp³-hybridized carbons (Fsp3) is 0.667. The lowest BCUT2D eigenvalue weighted by atomic mass is 10.2. The maximum absolute atomic E-state index is 13.3.